The van der Waals surface area contributed by atoms with E-state index >= 15 is 0 Å². The fourth-order valence-electron chi connectivity index (χ4n) is 2.67. The maximum absolute atomic E-state index is 12.4. The third kappa shape index (κ3) is 5.87. The van der Waals surface area contributed by atoms with E-state index in [4.69, 9.17) is 4.74 Å². The molecular formula is C22H21N3O4. The SMILES string of the molecule is O=C(COc1ccc(C(=O)c2ccccc2)cc1)NCCCn1ncccc1=O. The van der Waals surface area contributed by atoms with Gasteiger partial charge in [-0.1, -0.05) is 30.3 Å². The summed E-state index contributed by atoms with van der Waals surface area (Å²) >= 11 is 0. The van der Waals surface area contributed by atoms with E-state index in [0.717, 1.165) is 0 Å². The number of aromatic nitrogens is 2. The Balaban J connectivity index is 1.40. The number of ketones is 1. The number of ether oxygens (including phenoxy) is 1. The maximum atomic E-state index is 12.4. The molecule has 1 heterocycles. The molecule has 29 heavy (non-hydrogen) atoms. The smallest absolute Gasteiger partial charge is 0.266 e. The van der Waals surface area contributed by atoms with Gasteiger partial charge in [-0.25, -0.2) is 4.68 Å². The van der Waals surface area contributed by atoms with Crippen LogP contribution in [0, 0.1) is 0 Å². The molecule has 7 nitrogen and oxygen atoms in total. The van der Waals surface area contributed by atoms with Gasteiger partial charge in [-0.05, 0) is 36.8 Å². The van der Waals surface area contributed by atoms with Crippen molar-refractivity contribution in [3.63, 3.8) is 0 Å². The highest BCUT2D eigenvalue weighted by Gasteiger charge is 2.09. The summed E-state index contributed by atoms with van der Waals surface area (Å²) in [5, 5.41) is 6.68. The zero-order valence-corrected chi connectivity index (χ0v) is 15.8. The minimum atomic E-state index is -0.261. The van der Waals surface area contributed by atoms with Crippen LogP contribution in [0.4, 0.5) is 0 Å². The van der Waals surface area contributed by atoms with Crippen LogP contribution in [0.2, 0.25) is 0 Å². The van der Waals surface area contributed by atoms with Crippen molar-refractivity contribution >= 4 is 11.7 Å². The highest BCUT2D eigenvalue weighted by molar-refractivity contribution is 6.08. The Morgan fingerprint density at radius 2 is 1.66 bits per heavy atom. The summed E-state index contributed by atoms with van der Waals surface area (Å²) in [6.45, 7) is 0.711. The van der Waals surface area contributed by atoms with Gasteiger partial charge < -0.3 is 10.1 Å². The second kappa shape index (κ2) is 9.98. The second-order valence-corrected chi connectivity index (χ2v) is 6.30. The fraction of sp³-hybridized carbons (Fsp3) is 0.182. The number of nitrogens with one attached hydrogen (secondary N) is 1. The Labute approximate surface area is 168 Å². The summed E-state index contributed by atoms with van der Waals surface area (Å²) in [4.78, 5) is 35.8. The Morgan fingerprint density at radius 1 is 0.931 bits per heavy atom. The normalized spacial score (nSPS) is 10.3. The number of benzene rings is 2. The molecule has 148 valence electrons. The van der Waals surface area contributed by atoms with Crippen LogP contribution in [-0.2, 0) is 11.3 Å². The molecule has 7 heteroatoms. The van der Waals surface area contributed by atoms with Crippen molar-refractivity contribution in [3.8, 4) is 5.75 Å². The third-order valence-corrected chi connectivity index (χ3v) is 4.18. The lowest BCUT2D eigenvalue weighted by Crippen LogP contribution is -2.31. The quantitative estimate of drug-likeness (QED) is 0.445. The van der Waals surface area contributed by atoms with E-state index in [1.807, 2.05) is 18.2 Å². The topological polar surface area (TPSA) is 90.3 Å². The average molecular weight is 391 g/mol. The van der Waals surface area contributed by atoms with Crippen LogP contribution >= 0.6 is 0 Å². The first-order chi connectivity index (χ1) is 14.1. The van der Waals surface area contributed by atoms with E-state index in [0.29, 0.717) is 36.4 Å². The number of aryl methyl sites for hydroxylation is 1. The molecule has 0 aliphatic carbocycles. The van der Waals surface area contributed by atoms with Crippen LogP contribution in [0.3, 0.4) is 0 Å². The molecule has 0 aliphatic rings. The molecule has 0 radical (unpaired) electrons. The predicted octanol–water partition coefficient (Wildman–Crippen LogP) is 2.06. The number of nitrogens with zero attached hydrogens (tertiary/aromatic N) is 2. The molecule has 0 bridgehead atoms. The molecule has 1 amide bonds. The Kier molecular flexibility index (Phi) is 6.89. The zero-order chi connectivity index (χ0) is 20.5. The Bertz CT molecular complexity index is 1010. The van der Waals surface area contributed by atoms with E-state index in [9.17, 15) is 14.4 Å². The van der Waals surface area contributed by atoms with Crippen molar-refractivity contribution in [2.45, 2.75) is 13.0 Å². The van der Waals surface area contributed by atoms with Crippen molar-refractivity contribution < 1.29 is 14.3 Å². The molecule has 1 aromatic heterocycles. The van der Waals surface area contributed by atoms with Gasteiger partial charge in [-0.3, -0.25) is 14.4 Å². The van der Waals surface area contributed by atoms with Crippen LogP contribution in [0.25, 0.3) is 0 Å². The molecule has 0 unspecified atom stereocenters. The summed E-state index contributed by atoms with van der Waals surface area (Å²) in [6, 6.07) is 18.7. The number of carbonyl (C=O) groups is 2. The summed E-state index contributed by atoms with van der Waals surface area (Å²) in [5.41, 5.74) is 1.00. The minimum absolute atomic E-state index is 0.0677. The van der Waals surface area contributed by atoms with E-state index in [-0.39, 0.29) is 23.9 Å². The summed E-state index contributed by atoms with van der Waals surface area (Å²) in [5.74, 6) is 0.175. The number of hydrogen-bond acceptors (Lipinski definition) is 5. The van der Waals surface area contributed by atoms with E-state index in [1.165, 1.54) is 10.7 Å². The van der Waals surface area contributed by atoms with Crippen LogP contribution in [0.1, 0.15) is 22.3 Å². The maximum Gasteiger partial charge on any atom is 0.266 e. The van der Waals surface area contributed by atoms with Gasteiger partial charge in [-0.2, -0.15) is 5.10 Å². The molecule has 3 rings (SSSR count). The average Bonchev–Trinajstić information content (AvgIpc) is 2.77. The molecule has 3 aromatic rings. The molecule has 2 aromatic carbocycles. The summed E-state index contributed by atoms with van der Waals surface area (Å²) in [7, 11) is 0. The lowest BCUT2D eigenvalue weighted by atomic mass is 10.0. The number of amides is 1. The van der Waals surface area contributed by atoms with Gasteiger partial charge in [0.15, 0.2) is 12.4 Å². The molecule has 0 aliphatic heterocycles. The van der Waals surface area contributed by atoms with Crippen molar-refractivity contribution in [2.24, 2.45) is 0 Å². The molecule has 1 N–H and O–H groups in total. The first-order valence-electron chi connectivity index (χ1n) is 9.25. The molecule has 0 spiro atoms. The lowest BCUT2D eigenvalue weighted by molar-refractivity contribution is -0.123. The standard InChI is InChI=1S/C22H21N3O4/c26-20(23-13-5-15-25-21(27)8-4-14-24-25)16-29-19-11-9-18(10-12-19)22(28)17-6-2-1-3-7-17/h1-4,6-12,14H,5,13,15-16H2,(H,23,26). The van der Waals surface area contributed by atoms with Crippen LogP contribution < -0.4 is 15.6 Å². The van der Waals surface area contributed by atoms with E-state index < -0.39 is 0 Å². The van der Waals surface area contributed by atoms with Crippen molar-refractivity contribution in [2.75, 3.05) is 13.2 Å². The van der Waals surface area contributed by atoms with Crippen molar-refractivity contribution in [1.82, 2.24) is 15.1 Å². The summed E-state index contributed by atoms with van der Waals surface area (Å²) < 4.78 is 6.80. The van der Waals surface area contributed by atoms with Crippen LogP contribution in [-0.4, -0.2) is 34.6 Å². The van der Waals surface area contributed by atoms with Crippen LogP contribution in [0.15, 0.2) is 77.7 Å². The second-order valence-electron chi connectivity index (χ2n) is 6.30. The predicted molar refractivity (Wildman–Crippen MR) is 108 cm³/mol. The van der Waals surface area contributed by atoms with E-state index in [1.54, 1.807) is 48.7 Å². The monoisotopic (exact) mass is 391 g/mol. The van der Waals surface area contributed by atoms with Gasteiger partial charge in [0, 0.05) is 36.5 Å². The Hall–Kier alpha value is -3.74. The van der Waals surface area contributed by atoms with Crippen molar-refractivity contribution in [3.05, 3.63) is 94.4 Å². The minimum Gasteiger partial charge on any atom is -0.484 e. The molecule has 0 atom stereocenters. The zero-order valence-electron chi connectivity index (χ0n) is 15.8. The van der Waals surface area contributed by atoms with Gasteiger partial charge in [0.2, 0.25) is 0 Å². The highest BCUT2D eigenvalue weighted by Crippen LogP contribution is 2.15. The van der Waals surface area contributed by atoms with Gasteiger partial charge in [0.25, 0.3) is 11.5 Å². The Morgan fingerprint density at radius 3 is 2.38 bits per heavy atom. The van der Waals surface area contributed by atoms with E-state index in [2.05, 4.69) is 10.4 Å². The van der Waals surface area contributed by atoms with Gasteiger partial charge in [-0.15, -0.1) is 0 Å². The number of hydrogen-bond donors (Lipinski definition) is 1. The molecule has 0 fully saturated rings. The number of rotatable bonds is 9. The first-order valence-corrected chi connectivity index (χ1v) is 9.25. The van der Waals surface area contributed by atoms with Gasteiger partial charge in [0.05, 0.1) is 0 Å². The van der Waals surface area contributed by atoms with Crippen LogP contribution in [0.5, 0.6) is 5.75 Å². The first kappa shape index (κ1) is 20.0. The third-order valence-electron chi connectivity index (χ3n) is 4.18. The molecule has 0 saturated carbocycles. The number of carbonyl (C=O) groups excluding carboxylic acids is 2. The molecule has 0 saturated heterocycles. The molecular weight excluding hydrogens is 370 g/mol. The van der Waals surface area contributed by atoms with Gasteiger partial charge >= 0.3 is 0 Å². The summed E-state index contributed by atoms with van der Waals surface area (Å²) in [6.07, 6.45) is 2.13. The fourth-order valence-corrected chi connectivity index (χ4v) is 2.67. The highest BCUT2D eigenvalue weighted by atomic mass is 16.5. The largest absolute Gasteiger partial charge is 0.484 e. The lowest BCUT2D eigenvalue weighted by Gasteiger charge is -2.08. The van der Waals surface area contributed by atoms with Gasteiger partial charge in [0.1, 0.15) is 5.75 Å². The van der Waals surface area contributed by atoms with Crippen molar-refractivity contribution in [1.29, 1.82) is 0 Å².